The minimum Gasteiger partial charge on any atom is -0.383 e. The average molecular weight is 276 g/mol. The number of nitrogen functional groups attached to an aromatic ring is 1. The van der Waals surface area contributed by atoms with Crippen LogP contribution in [0, 0.1) is 13.8 Å². The van der Waals surface area contributed by atoms with Crippen LogP contribution in [0.1, 0.15) is 11.3 Å². The lowest BCUT2D eigenvalue weighted by atomic mass is 10.1. The smallest absolute Gasteiger partial charge is 0.227 e. The van der Waals surface area contributed by atoms with Crippen LogP contribution in [0.2, 0.25) is 0 Å². The number of halogens is 1. The lowest BCUT2D eigenvalue weighted by Crippen LogP contribution is -2.30. The lowest BCUT2D eigenvalue weighted by Gasteiger charge is -2.15. The summed E-state index contributed by atoms with van der Waals surface area (Å²) < 4.78 is 13.6. The molecule has 4 N–H and O–H groups in total. The molecule has 2 atom stereocenters. The van der Waals surface area contributed by atoms with Gasteiger partial charge in [-0.05, 0) is 25.5 Å². The Morgan fingerprint density at radius 3 is 2.80 bits per heavy atom. The molecule has 3 rings (SSSR count). The van der Waals surface area contributed by atoms with Crippen LogP contribution >= 0.6 is 0 Å². The molecule has 0 saturated carbocycles. The molecule has 1 saturated heterocycles. The van der Waals surface area contributed by atoms with Gasteiger partial charge in [0.15, 0.2) is 5.65 Å². The molecule has 106 valence electrons. The summed E-state index contributed by atoms with van der Waals surface area (Å²) in [5.74, 6) is 0.688. The number of nitrogens with two attached hydrogens (primary N) is 1. The third-order valence-electron chi connectivity index (χ3n) is 3.47. The van der Waals surface area contributed by atoms with Crippen molar-refractivity contribution in [3.63, 3.8) is 0 Å². The van der Waals surface area contributed by atoms with Crippen molar-refractivity contribution in [2.75, 3.05) is 24.1 Å². The van der Waals surface area contributed by atoms with Crippen molar-refractivity contribution in [2.45, 2.75) is 26.1 Å². The number of nitrogens with zero attached hydrogens (tertiary/aromatic N) is 3. The molecule has 0 radical (unpaired) electrons. The standard InChI is InChI=1S/C13H17FN6/c1-6-3-7(2)17-12-10(6)11(15)19-13(20-12)18-9-5-16-4-8(9)14/h3,8-9,16H,4-5H2,1-2H3,(H3,15,17,18,19,20). The van der Waals surface area contributed by atoms with Crippen molar-refractivity contribution in [3.8, 4) is 0 Å². The van der Waals surface area contributed by atoms with E-state index in [4.69, 9.17) is 5.73 Å². The Balaban J connectivity index is 2.01. The number of nitrogens with one attached hydrogen (secondary N) is 2. The number of anilines is 2. The fourth-order valence-electron chi connectivity index (χ4n) is 2.53. The Morgan fingerprint density at radius 2 is 2.10 bits per heavy atom. The first-order chi connectivity index (χ1) is 9.54. The molecule has 1 aliphatic rings. The quantitative estimate of drug-likeness (QED) is 0.756. The molecule has 0 amide bonds. The predicted molar refractivity (Wildman–Crippen MR) is 76.4 cm³/mol. The summed E-state index contributed by atoms with van der Waals surface area (Å²) in [6.07, 6.45) is -0.956. The maximum atomic E-state index is 13.6. The van der Waals surface area contributed by atoms with Crippen molar-refractivity contribution in [1.29, 1.82) is 0 Å². The van der Waals surface area contributed by atoms with Crippen LogP contribution in [-0.4, -0.2) is 40.3 Å². The summed E-state index contributed by atoms with van der Waals surface area (Å²) in [5, 5.41) is 6.71. The first-order valence-corrected chi connectivity index (χ1v) is 6.57. The molecule has 2 aromatic heterocycles. The van der Waals surface area contributed by atoms with Gasteiger partial charge in [0.2, 0.25) is 5.95 Å². The molecule has 0 bridgehead atoms. The van der Waals surface area contributed by atoms with E-state index in [0.717, 1.165) is 16.6 Å². The zero-order chi connectivity index (χ0) is 14.3. The normalized spacial score (nSPS) is 22.4. The van der Waals surface area contributed by atoms with Gasteiger partial charge in [0.1, 0.15) is 12.0 Å². The highest BCUT2D eigenvalue weighted by molar-refractivity contribution is 5.89. The van der Waals surface area contributed by atoms with Crippen LogP contribution in [0.5, 0.6) is 0 Å². The molecule has 2 unspecified atom stereocenters. The minimum absolute atomic E-state index is 0.323. The molecule has 7 heteroatoms. The third kappa shape index (κ3) is 2.24. The van der Waals surface area contributed by atoms with Crippen LogP contribution in [-0.2, 0) is 0 Å². The molecule has 1 fully saturated rings. The van der Waals surface area contributed by atoms with Gasteiger partial charge >= 0.3 is 0 Å². The van der Waals surface area contributed by atoms with E-state index in [1.165, 1.54) is 0 Å². The van der Waals surface area contributed by atoms with Gasteiger partial charge in [-0.25, -0.2) is 9.37 Å². The van der Waals surface area contributed by atoms with E-state index in [1.54, 1.807) is 0 Å². The summed E-state index contributed by atoms with van der Waals surface area (Å²) in [6, 6.07) is 1.60. The van der Waals surface area contributed by atoms with Gasteiger partial charge in [0.25, 0.3) is 0 Å². The SMILES string of the molecule is Cc1cc(C)c2c(N)nc(NC3CNCC3F)nc2n1. The number of hydrogen-bond donors (Lipinski definition) is 3. The van der Waals surface area contributed by atoms with E-state index in [0.29, 0.717) is 30.5 Å². The van der Waals surface area contributed by atoms with Crippen LogP contribution in [0.25, 0.3) is 11.0 Å². The first kappa shape index (κ1) is 13.0. The average Bonchev–Trinajstić information content (AvgIpc) is 2.73. The zero-order valence-electron chi connectivity index (χ0n) is 11.4. The number of hydrogen-bond acceptors (Lipinski definition) is 6. The van der Waals surface area contributed by atoms with Gasteiger partial charge in [-0.3, -0.25) is 0 Å². The fourth-order valence-corrected chi connectivity index (χ4v) is 2.53. The molecule has 6 nitrogen and oxygen atoms in total. The van der Waals surface area contributed by atoms with Gasteiger partial charge < -0.3 is 16.4 Å². The van der Waals surface area contributed by atoms with Gasteiger partial charge in [0, 0.05) is 18.8 Å². The Morgan fingerprint density at radius 1 is 1.30 bits per heavy atom. The highest BCUT2D eigenvalue weighted by Gasteiger charge is 2.27. The number of pyridine rings is 1. The minimum atomic E-state index is -0.956. The summed E-state index contributed by atoms with van der Waals surface area (Å²) >= 11 is 0. The Hall–Kier alpha value is -2.02. The summed E-state index contributed by atoms with van der Waals surface area (Å²) in [7, 11) is 0. The van der Waals surface area contributed by atoms with Gasteiger partial charge in [-0.1, -0.05) is 0 Å². The van der Waals surface area contributed by atoms with Crippen molar-refractivity contribution < 1.29 is 4.39 Å². The van der Waals surface area contributed by atoms with Crippen LogP contribution in [0.3, 0.4) is 0 Å². The Bertz CT molecular complexity index is 659. The van der Waals surface area contributed by atoms with Crippen LogP contribution < -0.4 is 16.4 Å². The highest BCUT2D eigenvalue weighted by Crippen LogP contribution is 2.23. The maximum absolute atomic E-state index is 13.6. The summed E-state index contributed by atoms with van der Waals surface area (Å²) in [5.41, 5.74) is 8.37. The molecular formula is C13H17FN6. The number of alkyl halides is 1. The molecule has 3 heterocycles. The Kier molecular flexibility index (Phi) is 3.13. The topological polar surface area (TPSA) is 88.8 Å². The monoisotopic (exact) mass is 276 g/mol. The molecule has 0 aliphatic carbocycles. The molecular weight excluding hydrogens is 259 g/mol. The molecule has 2 aromatic rings. The van der Waals surface area contributed by atoms with Crippen molar-refractivity contribution in [1.82, 2.24) is 20.3 Å². The number of aromatic nitrogens is 3. The molecule has 1 aliphatic heterocycles. The van der Waals surface area contributed by atoms with E-state index in [-0.39, 0.29) is 6.04 Å². The van der Waals surface area contributed by atoms with E-state index in [1.807, 2.05) is 19.9 Å². The second kappa shape index (κ2) is 4.82. The van der Waals surface area contributed by atoms with Crippen molar-refractivity contribution >= 4 is 22.8 Å². The molecule has 20 heavy (non-hydrogen) atoms. The lowest BCUT2D eigenvalue weighted by molar-refractivity contribution is 0.342. The van der Waals surface area contributed by atoms with Gasteiger partial charge in [-0.2, -0.15) is 9.97 Å². The van der Waals surface area contributed by atoms with Crippen molar-refractivity contribution in [3.05, 3.63) is 17.3 Å². The largest absolute Gasteiger partial charge is 0.383 e. The third-order valence-corrected chi connectivity index (χ3v) is 3.47. The fraction of sp³-hybridized carbons (Fsp3) is 0.462. The summed E-state index contributed by atoms with van der Waals surface area (Å²) in [4.78, 5) is 12.9. The van der Waals surface area contributed by atoms with Crippen LogP contribution in [0.4, 0.5) is 16.2 Å². The summed E-state index contributed by atoms with van der Waals surface area (Å²) in [6.45, 7) is 4.73. The first-order valence-electron chi connectivity index (χ1n) is 6.57. The molecule has 0 spiro atoms. The van der Waals surface area contributed by atoms with Crippen LogP contribution in [0.15, 0.2) is 6.07 Å². The van der Waals surface area contributed by atoms with Gasteiger partial charge in [-0.15, -0.1) is 0 Å². The predicted octanol–water partition coefficient (Wildman–Crippen LogP) is 0.946. The number of fused-ring (bicyclic) bond motifs is 1. The Labute approximate surface area is 116 Å². The van der Waals surface area contributed by atoms with E-state index >= 15 is 0 Å². The van der Waals surface area contributed by atoms with E-state index < -0.39 is 6.17 Å². The molecule has 0 aromatic carbocycles. The number of aryl methyl sites for hydroxylation is 2. The maximum Gasteiger partial charge on any atom is 0.227 e. The second-order valence-corrected chi connectivity index (χ2v) is 5.14. The second-order valence-electron chi connectivity index (χ2n) is 5.14. The highest BCUT2D eigenvalue weighted by atomic mass is 19.1. The van der Waals surface area contributed by atoms with Crippen molar-refractivity contribution in [2.24, 2.45) is 0 Å². The van der Waals surface area contributed by atoms with E-state index in [9.17, 15) is 4.39 Å². The van der Waals surface area contributed by atoms with E-state index in [2.05, 4.69) is 25.6 Å². The zero-order valence-corrected chi connectivity index (χ0v) is 11.4. The number of rotatable bonds is 2. The van der Waals surface area contributed by atoms with Gasteiger partial charge in [0.05, 0.1) is 11.4 Å².